The van der Waals surface area contributed by atoms with E-state index in [9.17, 15) is 18.3 Å². The van der Waals surface area contributed by atoms with E-state index < -0.39 is 27.4 Å². The summed E-state index contributed by atoms with van der Waals surface area (Å²) in [5.74, 6) is -1.79. The van der Waals surface area contributed by atoms with Crippen molar-refractivity contribution in [2.24, 2.45) is 0 Å². The number of hydrogen-bond donors (Lipinski definition) is 3. The normalized spacial score (nSPS) is 12.6. The van der Waals surface area contributed by atoms with E-state index in [0.717, 1.165) is 6.07 Å². The van der Waals surface area contributed by atoms with Gasteiger partial charge >= 0.3 is 5.97 Å². The van der Waals surface area contributed by atoms with Crippen molar-refractivity contribution in [2.75, 3.05) is 6.54 Å². The fraction of sp³-hybridized carbons (Fsp3) is 0.583. The number of hydrogen-bond acceptors (Lipinski definition) is 5. The molecular formula is C12H19NO6S. The summed E-state index contributed by atoms with van der Waals surface area (Å²) in [5.41, 5.74) is -1.12. The lowest BCUT2D eigenvalue weighted by atomic mass is 9.98. The molecule has 0 aliphatic carbocycles. The number of carboxylic acid groups (broad SMARTS) is 1. The molecule has 0 aliphatic heterocycles. The van der Waals surface area contributed by atoms with Crippen molar-refractivity contribution in [3.63, 3.8) is 0 Å². The Bertz CT molecular complexity index is 585. The predicted octanol–water partition coefficient (Wildman–Crippen LogP) is 1.12. The van der Waals surface area contributed by atoms with E-state index in [4.69, 9.17) is 9.52 Å². The number of carbonyl (C=O) groups is 1. The number of carboxylic acids is 1. The first-order chi connectivity index (χ1) is 9.15. The third kappa shape index (κ3) is 3.59. The van der Waals surface area contributed by atoms with Crippen LogP contribution in [-0.2, 0) is 10.0 Å². The molecule has 1 rings (SSSR count). The van der Waals surface area contributed by atoms with Crippen molar-refractivity contribution in [2.45, 2.75) is 44.1 Å². The molecule has 0 amide bonds. The molecule has 3 N–H and O–H groups in total. The maximum Gasteiger partial charge on any atom is 0.371 e. The van der Waals surface area contributed by atoms with Gasteiger partial charge < -0.3 is 14.6 Å². The smallest absolute Gasteiger partial charge is 0.371 e. The average Bonchev–Trinajstić information content (AvgIpc) is 2.79. The Morgan fingerprint density at radius 3 is 2.35 bits per heavy atom. The van der Waals surface area contributed by atoms with Gasteiger partial charge in [-0.3, -0.25) is 0 Å². The molecule has 0 aromatic carbocycles. The number of rotatable bonds is 7. The molecule has 0 atom stereocenters. The first-order valence-electron chi connectivity index (χ1n) is 6.21. The molecule has 1 aromatic heterocycles. The van der Waals surface area contributed by atoms with E-state index in [1.54, 1.807) is 13.8 Å². The highest BCUT2D eigenvalue weighted by atomic mass is 32.2. The summed E-state index contributed by atoms with van der Waals surface area (Å²) in [5, 5.41) is 18.8. The van der Waals surface area contributed by atoms with Gasteiger partial charge in [0.15, 0.2) is 0 Å². The van der Waals surface area contributed by atoms with E-state index in [2.05, 4.69) is 4.72 Å². The van der Waals surface area contributed by atoms with Crippen LogP contribution in [0.25, 0.3) is 0 Å². The number of nitrogens with one attached hydrogen (secondary N) is 1. The second kappa shape index (κ2) is 5.94. The fourth-order valence-corrected chi connectivity index (χ4v) is 2.94. The summed E-state index contributed by atoms with van der Waals surface area (Å²) in [4.78, 5) is 10.5. The molecule has 0 saturated carbocycles. The topological polar surface area (TPSA) is 117 Å². The molecule has 7 nitrogen and oxygen atoms in total. The minimum absolute atomic E-state index is 0.00793. The summed E-state index contributed by atoms with van der Waals surface area (Å²) < 4.78 is 31.3. The zero-order valence-corrected chi connectivity index (χ0v) is 12.5. The molecule has 20 heavy (non-hydrogen) atoms. The van der Waals surface area contributed by atoms with Crippen molar-refractivity contribution >= 4 is 16.0 Å². The summed E-state index contributed by atoms with van der Waals surface area (Å²) in [6.07, 6.45) is 0.799. The highest BCUT2D eigenvalue weighted by Crippen LogP contribution is 2.21. The number of aromatic carboxylic acids is 1. The van der Waals surface area contributed by atoms with E-state index in [0.29, 0.717) is 12.8 Å². The Hall–Kier alpha value is -1.38. The molecule has 0 spiro atoms. The second-order valence-corrected chi connectivity index (χ2v) is 6.33. The molecular weight excluding hydrogens is 286 g/mol. The van der Waals surface area contributed by atoms with Crippen LogP contribution in [0.2, 0.25) is 0 Å². The number of aliphatic hydroxyl groups is 1. The van der Waals surface area contributed by atoms with E-state index in [-0.39, 0.29) is 17.2 Å². The van der Waals surface area contributed by atoms with Crippen molar-refractivity contribution in [1.82, 2.24) is 4.72 Å². The van der Waals surface area contributed by atoms with Gasteiger partial charge in [-0.05, 0) is 19.8 Å². The maximum atomic E-state index is 12.1. The molecule has 0 aliphatic rings. The highest BCUT2D eigenvalue weighted by Gasteiger charge is 2.28. The van der Waals surface area contributed by atoms with Crippen LogP contribution < -0.4 is 4.72 Å². The van der Waals surface area contributed by atoms with Crippen molar-refractivity contribution in [1.29, 1.82) is 0 Å². The summed E-state index contributed by atoms with van der Waals surface area (Å²) in [6, 6.07) is 0.955. The lowest BCUT2D eigenvalue weighted by molar-refractivity contribution is 0.0377. The third-order valence-electron chi connectivity index (χ3n) is 3.28. The first kappa shape index (κ1) is 16.7. The Labute approximate surface area is 117 Å². The van der Waals surface area contributed by atoms with Crippen LogP contribution in [0.4, 0.5) is 0 Å². The van der Waals surface area contributed by atoms with Crippen molar-refractivity contribution < 1.29 is 27.8 Å². The first-order valence-corrected chi connectivity index (χ1v) is 7.69. The lowest BCUT2D eigenvalue weighted by Gasteiger charge is -2.25. The third-order valence-corrected chi connectivity index (χ3v) is 4.79. The predicted molar refractivity (Wildman–Crippen MR) is 71.1 cm³/mol. The Balaban J connectivity index is 2.98. The molecule has 0 saturated heterocycles. The highest BCUT2D eigenvalue weighted by molar-refractivity contribution is 7.89. The van der Waals surface area contributed by atoms with Crippen LogP contribution in [0.5, 0.6) is 0 Å². The van der Waals surface area contributed by atoms with Gasteiger partial charge in [0, 0.05) is 12.6 Å². The number of aryl methyl sites for hydroxylation is 1. The van der Waals surface area contributed by atoms with E-state index in [1.165, 1.54) is 6.92 Å². The van der Waals surface area contributed by atoms with E-state index in [1.807, 2.05) is 0 Å². The van der Waals surface area contributed by atoms with Gasteiger partial charge in [0.2, 0.25) is 15.8 Å². The lowest BCUT2D eigenvalue weighted by Crippen LogP contribution is -2.42. The van der Waals surface area contributed by atoms with Crippen molar-refractivity contribution in [3.05, 3.63) is 17.6 Å². The maximum absolute atomic E-state index is 12.1. The minimum Gasteiger partial charge on any atom is -0.475 e. The van der Waals surface area contributed by atoms with Crippen LogP contribution in [-0.4, -0.2) is 36.7 Å². The molecule has 0 fully saturated rings. The molecule has 8 heteroatoms. The molecule has 0 unspecified atom stereocenters. The fourth-order valence-electron chi connectivity index (χ4n) is 1.64. The largest absolute Gasteiger partial charge is 0.475 e. The Morgan fingerprint density at radius 1 is 1.40 bits per heavy atom. The minimum atomic E-state index is -3.92. The van der Waals surface area contributed by atoms with Gasteiger partial charge in [0.05, 0.1) is 5.60 Å². The van der Waals surface area contributed by atoms with Crippen LogP contribution in [0.3, 0.4) is 0 Å². The van der Waals surface area contributed by atoms with Crippen molar-refractivity contribution in [3.8, 4) is 0 Å². The van der Waals surface area contributed by atoms with E-state index >= 15 is 0 Å². The average molecular weight is 305 g/mol. The van der Waals surface area contributed by atoms with Gasteiger partial charge in [-0.1, -0.05) is 13.8 Å². The SMILES string of the molecule is CCC(O)(CC)CNS(=O)(=O)c1cc(C(=O)O)oc1C. The summed E-state index contributed by atoms with van der Waals surface area (Å²) >= 11 is 0. The molecule has 1 heterocycles. The van der Waals surface area contributed by atoms with Gasteiger partial charge in [-0.15, -0.1) is 0 Å². The van der Waals surface area contributed by atoms with Crippen LogP contribution in [0, 0.1) is 6.92 Å². The van der Waals surface area contributed by atoms with Gasteiger partial charge in [-0.2, -0.15) is 0 Å². The number of furan rings is 1. The zero-order valence-electron chi connectivity index (χ0n) is 11.6. The summed E-state index contributed by atoms with van der Waals surface area (Å²) in [7, 11) is -3.92. The molecule has 114 valence electrons. The van der Waals surface area contributed by atoms with Crippen LogP contribution >= 0.6 is 0 Å². The second-order valence-electron chi connectivity index (χ2n) is 4.59. The zero-order chi connectivity index (χ0) is 15.6. The van der Waals surface area contributed by atoms with Gasteiger partial charge in [0.1, 0.15) is 10.7 Å². The van der Waals surface area contributed by atoms with Crippen LogP contribution in [0.15, 0.2) is 15.4 Å². The number of sulfonamides is 1. The van der Waals surface area contributed by atoms with Crippen LogP contribution in [0.1, 0.15) is 43.0 Å². The monoisotopic (exact) mass is 305 g/mol. The molecule has 0 bridgehead atoms. The Morgan fingerprint density at radius 2 is 1.95 bits per heavy atom. The molecule has 0 radical (unpaired) electrons. The summed E-state index contributed by atoms with van der Waals surface area (Å²) in [6.45, 7) is 4.73. The van der Waals surface area contributed by atoms with Gasteiger partial charge in [0.25, 0.3) is 0 Å². The Kier molecular flexibility index (Phi) is 4.95. The standard InChI is InChI=1S/C12H19NO6S/c1-4-12(16,5-2)7-13-20(17,18)10-6-9(11(14)15)19-8(10)3/h6,13,16H,4-5,7H2,1-3H3,(H,14,15). The molecule has 1 aromatic rings. The van der Waals surface area contributed by atoms with Gasteiger partial charge in [-0.25, -0.2) is 17.9 Å². The quantitative estimate of drug-likeness (QED) is 0.695.